The zero-order valence-corrected chi connectivity index (χ0v) is 12.1. The molecule has 2 rings (SSSR count). The molecule has 0 spiro atoms. The lowest BCUT2D eigenvalue weighted by Crippen LogP contribution is -2.20. The number of carbonyl (C=O) groups is 1. The van der Waals surface area contributed by atoms with E-state index in [0.717, 1.165) is 11.1 Å². The SMILES string of the molecule is O=C(N/N=C/OCc1ccccc1)OCCc1ccccc1. The van der Waals surface area contributed by atoms with Crippen LogP contribution in [0, 0.1) is 0 Å². The summed E-state index contributed by atoms with van der Waals surface area (Å²) < 4.78 is 10.2. The van der Waals surface area contributed by atoms with Crippen molar-refractivity contribution in [3.05, 3.63) is 71.8 Å². The van der Waals surface area contributed by atoms with Crippen LogP contribution >= 0.6 is 0 Å². The van der Waals surface area contributed by atoms with Gasteiger partial charge < -0.3 is 9.47 Å². The van der Waals surface area contributed by atoms with Crippen LogP contribution in [0.1, 0.15) is 11.1 Å². The van der Waals surface area contributed by atoms with Crippen LogP contribution in [0.3, 0.4) is 0 Å². The molecule has 1 amide bonds. The molecule has 5 heteroatoms. The molecule has 0 bridgehead atoms. The van der Waals surface area contributed by atoms with Crippen molar-refractivity contribution >= 4 is 12.5 Å². The summed E-state index contributed by atoms with van der Waals surface area (Å²) in [5, 5.41) is 3.64. The van der Waals surface area contributed by atoms with Gasteiger partial charge in [-0.1, -0.05) is 60.7 Å². The van der Waals surface area contributed by atoms with E-state index in [0.29, 0.717) is 19.6 Å². The molecule has 0 fully saturated rings. The van der Waals surface area contributed by atoms with Gasteiger partial charge in [-0.05, 0) is 11.1 Å². The van der Waals surface area contributed by atoms with Crippen molar-refractivity contribution in [3.8, 4) is 0 Å². The maximum atomic E-state index is 11.4. The Morgan fingerprint density at radius 2 is 1.64 bits per heavy atom. The molecule has 0 unspecified atom stereocenters. The molecule has 0 saturated carbocycles. The van der Waals surface area contributed by atoms with Gasteiger partial charge in [0.05, 0.1) is 6.61 Å². The predicted molar refractivity (Wildman–Crippen MR) is 84.4 cm³/mol. The topological polar surface area (TPSA) is 59.9 Å². The molecular weight excluding hydrogens is 280 g/mol. The van der Waals surface area contributed by atoms with E-state index in [-0.39, 0.29) is 0 Å². The van der Waals surface area contributed by atoms with Gasteiger partial charge in [-0.15, -0.1) is 5.10 Å². The normalized spacial score (nSPS) is 10.4. The van der Waals surface area contributed by atoms with E-state index in [2.05, 4.69) is 10.5 Å². The van der Waals surface area contributed by atoms with E-state index in [1.807, 2.05) is 60.7 Å². The van der Waals surface area contributed by atoms with Crippen LogP contribution < -0.4 is 5.43 Å². The second-order valence-corrected chi connectivity index (χ2v) is 4.51. The molecule has 0 radical (unpaired) electrons. The van der Waals surface area contributed by atoms with Gasteiger partial charge in [-0.2, -0.15) is 0 Å². The summed E-state index contributed by atoms with van der Waals surface area (Å²) >= 11 is 0. The third-order valence-electron chi connectivity index (χ3n) is 2.84. The summed E-state index contributed by atoms with van der Waals surface area (Å²) in [5.74, 6) is 0. The first kappa shape index (κ1) is 15.6. The number of hydrazone groups is 1. The number of nitrogens with zero attached hydrogens (tertiary/aromatic N) is 1. The standard InChI is InChI=1S/C17H18N2O3/c20-17(22-12-11-15-7-3-1-4-8-15)19-18-14-21-13-16-9-5-2-6-10-16/h1-10,14H,11-13H2,(H,19,20)/b18-14+. The van der Waals surface area contributed by atoms with Crippen molar-refractivity contribution in [1.82, 2.24) is 5.43 Å². The molecule has 114 valence electrons. The van der Waals surface area contributed by atoms with Gasteiger partial charge in [-0.3, -0.25) is 0 Å². The first-order chi connectivity index (χ1) is 10.8. The minimum absolute atomic E-state index is 0.302. The van der Waals surface area contributed by atoms with Crippen LogP contribution in [-0.4, -0.2) is 19.1 Å². The number of rotatable bonds is 7. The van der Waals surface area contributed by atoms with E-state index < -0.39 is 6.09 Å². The zero-order chi connectivity index (χ0) is 15.5. The molecule has 22 heavy (non-hydrogen) atoms. The smallest absolute Gasteiger partial charge is 0.427 e. The fourth-order valence-electron chi connectivity index (χ4n) is 1.76. The minimum Gasteiger partial charge on any atom is -0.477 e. The maximum absolute atomic E-state index is 11.4. The number of amides is 1. The maximum Gasteiger partial charge on any atom is 0.427 e. The fraction of sp³-hybridized carbons (Fsp3) is 0.176. The Labute approximate surface area is 129 Å². The lowest BCUT2D eigenvalue weighted by atomic mass is 10.2. The highest BCUT2D eigenvalue weighted by Crippen LogP contribution is 2.00. The number of hydrogen-bond acceptors (Lipinski definition) is 4. The summed E-state index contributed by atoms with van der Waals surface area (Å²) in [4.78, 5) is 11.4. The number of carbonyl (C=O) groups excluding carboxylic acids is 1. The molecule has 0 aliphatic rings. The summed E-state index contributed by atoms with van der Waals surface area (Å²) in [6.07, 6.45) is 1.25. The van der Waals surface area contributed by atoms with Crippen molar-refractivity contribution in [1.29, 1.82) is 0 Å². The van der Waals surface area contributed by atoms with E-state index in [1.165, 1.54) is 6.40 Å². The van der Waals surface area contributed by atoms with Crippen LogP contribution in [0.25, 0.3) is 0 Å². The number of nitrogens with one attached hydrogen (secondary N) is 1. The van der Waals surface area contributed by atoms with Gasteiger partial charge in [0.2, 0.25) is 0 Å². The van der Waals surface area contributed by atoms with Gasteiger partial charge in [0.1, 0.15) is 6.61 Å². The fourth-order valence-corrected chi connectivity index (χ4v) is 1.76. The molecular formula is C17H18N2O3. The van der Waals surface area contributed by atoms with Crippen LogP contribution in [0.2, 0.25) is 0 Å². The second kappa shape index (κ2) is 9.18. The Balaban J connectivity index is 1.56. The lowest BCUT2D eigenvalue weighted by Gasteiger charge is -2.04. The Kier molecular flexibility index (Phi) is 6.49. The Morgan fingerprint density at radius 3 is 2.32 bits per heavy atom. The summed E-state index contributed by atoms with van der Waals surface area (Å²) in [7, 11) is 0. The highest BCUT2D eigenvalue weighted by molar-refractivity contribution is 5.67. The van der Waals surface area contributed by atoms with Gasteiger partial charge >= 0.3 is 6.09 Å². The van der Waals surface area contributed by atoms with E-state index >= 15 is 0 Å². The monoisotopic (exact) mass is 298 g/mol. The molecule has 0 heterocycles. The average molecular weight is 298 g/mol. The third kappa shape index (κ3) is 6.09. The van der Waals surface area contributed by atoms with Crippen LogP contribution in [0.4, 0.5) is 4.79 Å². The first-order valence-corrected chi connectivity index (χ1v) is 6.98. The van der Waals surface area contributed by atoms with Gasteiger partial charge in [-0.25, -0.2) is 10.2 Å². The Bertz CT molecular complexity index is 585. The Morgan fingerprint density at radius 1 is 1.00 bits per heavy atom. The predicted octanol–water partition coefficient (Wildman–Crippen LogP) is 3.12. The molecule has 0 saturated heterocycles. The average Bonchev–Trinajstić information content (AvgIpc) is 2.56. The van der Waals surface area contributed by atoms with E-state index in [1.54, 1.807) is 0 Å². The highest BCUT2D eigenvalue weighted by atomic mass is 16.6. The van der Waals surface area contributed by atoms with Crippen molar-refractivity contribution in [2.45, 2.75) is 13.0 Å². The van der Waals surface area contributed by atoms with Gasteiger partial charge in [0.25, 0.3) is 0 Å². The Hall–Kier alpha value is -2.82. The molecule has 0 atom stereocenters. The summed E-state index contributed by atoms with van der Waals surface area (Å²) in [5.41, 5.74) is 4.38. The van der Waals surface area contributed by atoms with E-state index in [9.17, 15) is 4.79 Å². The van der Waals surface area contributed by atoms with Crippen LogP contribution in [0.5, 0.6) is 0 Å². The summed E-state index contributed by atoms with van der Waals surface area (Å²) in [6, 6.07) is 19.5. The molecule has 2 aromatic carbocycles. The number of hydrogen-bond donors (Lipinski definition) is 1. The highest BCUT2D eigenvalue weighted by Gasteiger charge is 1.99. The van der Waals surface area contributed by atoms with E-state index in [4.69, 9.17) is 9.47 Å². The van der Waals surface area contributed by atoms with Crippen LogP contribution in [-0.2, 0) is 22.5 Å². The molecule has 1 N–H and O–H groups in total. The number of benzene rings is 2. The molecule has 0 aromatic heterocycles. The summed E-state index contributed by atoms with van der Waals surface area (Å²) in [6.45, 7) is 0.700. The first-order valence-electron chi connectivity index (χ1n) is 6.98. The van der Waals surface area contributed by atoms with Crippen molar-refractivity contribution in [2.75, 3.05) is 6.61 Å². The quantitative estimate of drug-likeness (QED) is 0.485. The van der Waals surface area contributed by atoms with Crippen molar-refractivity contribution in [3.63, 3.8) is 0 Å². The lowest BCUT2D eigenvalue weighted by molar-refractivity contribution is 0.147. The third-order valence-corrected chi connectivity index (χ3v) is 2.84. The molecule has 0 aliphatic heterocycles. The zero-order valence-electron chi connectivity index (χ0n) is 12.1. The van der Waals surface area contributed by atoms with Crippen molar-refractivity contribution in [2.24, 2.45) is 5.10 Å². The molecule has 2 aromatic rings. The largest absolute Gasteiger partial charge is 0.477 e. The van der Waals surface area contributed by atoms with Crippen molar-refractivity contribution < 1.29 is 14.3 Å². The minimum atomic E-state index is -0.601. The second-order valence-electron chi connectivity index (χ2n) is 4.51. The van der Waals surface area contributed by atoms with Gasteiger partial charge in [0, 0.05) is 6.42 Å². The number of ether oxygens (including phenoxy) is 2. The molecule has 5 nitrogen and oxygen atoms in total. The van der Waals surface area contributed by atoms with Crippen LogP contribution in [0.15, 0.2) is 65.8 Å². The molecule has 0 aliphatic carbocycles. The van der Waals surface area contributed by atoms with Gasteiger partial charge in [0.15, 0.2) is 6.40 Å².